The molecule has 0 aliphatic rings. The fourth-order valence-corrected chi connectivity index (χ4v) is 4.26. The van der Waals surface area contributed by atoms with E-state index in [1.54, 1.807) is 47.4 Å². The van der Waals surface area contributed by atoms with Crippen molar-refractivity contribution in [3.63, 3.8) is 0 Å². The zero-order valence-corrected chi connectivity index (χ0v) is 18.5. The Balaban J connectivity index is 1.77. The fourth-order valence-electron chi connectivity index (χ4n) is 3.13. The average molecular weight is 446 g/mol. The van der Waals surface area contributed by atoms with Crippen molar-refractivity contribution in [2.75, 3.05) is 11.3 Å². The second-order valence-corrected chi connectivity index (χ2v) is 8.91. The summed E-state index contributed by atoms with van der Waals surface area (Å²) in [6, 6.07) is 22.0. The zero-order chi connectivity index (χ0) is 23.1. The number of benzene rings is 3. The SMILES string of the molecule is C=CCN(Cc1ccc(C#N)cc1)C(=O)c1ccc(S(=O)(=O)Nc2ccccc2C)cc1. The van der Waals surface area contributed by atoms with Gasteiger partial charge in [0.1, 0.15) is 0 Å². The number of hydrogen-bond donors (Lipinski definition) is 1. The Bertz CT molecular complexity index is 1260. The molecule has 1 amide bonds. The number of nitrogens with one attached hydrogen (secondary N) is 1. The van der Waals surface area contributed by atoms with Crippen LogP contribution in [0.3, 0.4) is 0 Å². The second-order valence-electron chi connectivity index (χ2n) is 7.23. The summed E-state index contributed by atoms with van der Waals surface area (Å²) in [5.41, 5.74) is 3.11. The molecule has 0 fully saturated rings. The molecule has 1 N–H and O–H groups in total. The van der Waals surface area contributed by atoms with Crippen molar-refractivity contribution >= 4 is 21.6 Å². The maximum atomic E-state index is 13.0. The standard InChI is InChI=1S/C25H23N3O3S/c1-3-16-28(18-21-10-8-20(17-26)9-11-21)25(29)22-12-14-23(15-13-22)32(30,31)27-24-7-5-4-6-19(24)2/h3-15,27H,1,16,18H2,2H3. The van der Waals surface area contributed by atoms with E-state index in [-0.39, 0.29) is 10.8 Å². The van der Waals surface area contributed by atoms with Gasteiger partial charge in [0.05, 0.1) is 22.2 Å². The molecular weight excluding hydrogens is 422 g/mol. The van der Waals surface area contributed by atoms with Gasteiger partial charge in [0, 0.05) is 18.7 Å². The molecular formula is C25H23N3O3S. The van der Waals surface area contributed by atoms with Gasteiger partial charge in [0.25, 0.3) is 15.9 Å². The quantitative estimate of drug-likeness (QED) is 0.517. The van der Waals surface area contributed by atoms with E-state index in [2.05, 4.69) is 17.4 Å². The molecule has 0 aromatic heterocycles. The van der Waals surface area contributed by atoms with Crippen LogP contribution < -0.4 is 4.72 Å². The number of anilines is 1. The highest BCUT2D eigenvalue weighted by Gasteiger charge is 2.19. The molecule has 0 bridgehead atoms. The number of hydrogen-bond acceptors (Lipinski definition) is 4. The minimum Gasteiger partial charge on any atom is -0.331 e. The molecule has 162 valence electrons. The van der Waals surface area contributed by atoms with E-state index in [0.717, 1.165) is 11.1 Å². The third-order valence-corrected chi connectivity index (χ3v) is 6.28. The van der Waals surface area contributed by atoms with E-state index in [4.69, 9.17) is 5.26 Å². The molecule has 0 saturated heterocycles. The zero-order valence-electron chi connectivity index (χ0n) is 17.7. The van der Waals surface area contributed by atoms with Gasteiger partial charge in [-0.05, 0) is 60.5 Å². The molecule has 6 nitrogen and oxygen atoms in total. The normalized spacial score (nSPS) is 10.8. The Morgan fingerprint density at radius 3 is 2.31 bits per heavy atom. The van der Waals surface area contributed by atoms with Crippen LogP contribution in [0.4, 0.5) is 5.69 Å². The van der Waals surface area contributed by atoms with Crippen LogP contribution in [0.2, 0.25) is 0 Å². The van der Waals surface area contributed by atoms with Crippen LogP contribution in [0.15, 0.2) is 90.3 Å². The molecule has 3 rings (SSSR count). The fraction of sp³-hybridized carbons (Fsp3) is 0.120. The summed E-state index contributed by atoms with van der Waals surface area (Å²) < 4.78 is 28.0. The summed E-state index contributed by atoms with van der Waals surface area (Å²) >= 11 is 0. The Hall–Kier alpha value is -3.89. The van der Waals surface area contributed by atoms with Gasteiger partial charge in [-0.2, -0.15) is 5.26 Å². The van der Waals surface area contributed by atoms with Crippen LogP contribution in [-0.2, 0) is 16.6 Å². The van der Waals surface area contributed by atoms with E-state index >= 15 is 0 Å². The third kappa shape index (κ3) is 5.42. The average Bonchev–Trinajstić information content (AvgIpc) is 2.80. The lowest BCUT2D eigenvalue weighted by Crippen LogP contribution is -2.30. The summed E-state index contributed by atoms with van der Waals surface area (Å²) in [5.74, 6) is -0.245. The van der Waals surface area contributed by atoms with Gasteiger partial charge in [0.2, 0.25) is 0 Å². The maximum absolute atomic E-state index is 13.0. The summed E-state index contributed by atoms with van der Waals surface area (Å²) in [7, 11) is -3.78. The first-order valence-electron chi connectivity index (χ1n) is 9.92. The van der Waals surface area contributed by atoms with E-state index in [1.807, 2.05) is 19.1 Å². The van der Waals surface area contributed by atoms with Crippen LogP contribution >= 0.6 is 0 Å². The van der Waals surface area contributed by atoms with E-state index < -0.39 is 10.0 Å². The predicted molar refractivity (Wildman–Crippen MR) is 125 cm³/mol. The van der Waals surface area contributed by atoms with Gasteiger partial charge in [-0.1, -0.05) is 36.4 Å². The number of aryl methyl sites for hydroxylation is 1. The van der Waals surface area contributed by atoms with Crippen molar-refractivity contribution in [1.82, 2.24) is 4.90 Å². The topological polar surface area (TPSA) is 90.3 Å². The van der Waals surface area contributed by atoms with Crippen LogP contribution in [0.25, 0.3) is 0 Å². The second kappa shape index (κ2) is 9.94. The molecule has 3 aromatic carbocycles. The number of carbonyl (C=O) groups excluding carboxylic acids is 1. The van der Waals surface area contributed by atoms with Crippen LogP contribution in [0.5, 0.6) is 0 Å². The Labute approximate surface area is 188 Å². The molecule has 0 saturated carbocycles. The minimum atomic E-state index is -3.78. The lowest BCUT2D eigenvalue weighted by Gasteiger charge is -2.21. The highest BCUT2D eigenvalue weighted by atomic mass is 32.2. The lowest BCUT2D eigenvalue weighted by molar-refractivity contribution is 0.0762. The van der Waals surface area contributed by atoms with Gasteiger partial charge in [0.15, 0.2) is 0 Å². The number of carbonyl (C=O) groups is 1. The molecule has 0 heterocycles. The lowest BCUT2D eigenvalue weighted by atomic mass is 10.1. The van der Waals surface area contributed by atoms with Gasteiger partial charge in [-0.25, -0.2) is 8.42 Å². The maximum Gasteiger partial charge on any atom is 0.261 e. The van der Waals surface area contributed by atoms with Crippen molar-refractivity contribution in [3.05, 3.63) is 108 Å². The largest absolute Gasteiger partial charge is 0.331 e. The Morgan fingerprint density at radius 1 is 1.06 bits per heavy atom. The first kappa shape index (κ1) is 22.8. The van der Waals surface area contributed by atoms with Gasteiger partial charge < -0.3 is 4.90 Å². The summed E-state index contributed by atoms with van der Waals surface area (Å²) in [6.45, 7) is 6.20. The first-order chi connectivity index (χ1) is 15.3. The smallest absolute Gasteiger partial charge is 0.261 e. The number of para-hydroxylation sites is 1. The highest BCUT2D eigenvalue weighted by molar-refractivity contribution is 7.92. The van der Waals surface area contributed by atoms with Gasteiger partial charge >= 0.3 is 0 Å². The van der Waals surface area contributed by atoms with Crippen molar-refractivity contribution in [3.8, 4) is 6.07 Å². The number of sulfonamides is 1. The van der Waals surface area contributed by atoms with Crippen LogP contribution in [0, 0.1) is 18.3 Å². The Kier molecular flexibility index (Phi) is 7.08. The predicted octanol–water partition coefficient (Wildman–Crippen LogP) is 4.50. The molecule has 0 radical (unpaired) electrons. The number of nitriles is 1. The van der Waals surface area contributed by atoms with Crippen molar-refractivity contribution < 1.29 is 13.2 Å². The van der Waals surface area contributed by atoms with Crippen molar-refractivity contribution in [2.45, 2.75) is 18.4 Å². The summed E-state index contributed by atoms with van der Waals surface area (Å²) in [6.07, 6.45) is 1.63. The molecule has 0 spiro atoms. The van der Waals surface area contributed by atoms with E-state index in [1.165, 1.54) is 24.3 Å². The van der Waals surface area contributed by atoms with Crippen LogP contribution in [0.1, 0.15) is 27.0 Å². The molecule has 7 heteroatoms. The first-order valence-corrected chi connectivity index (χ1v) is 11.4. The monoisotopic (exact) mass is 445 g/mol. The van der Waals surface area contributed by atoms with E-state index in [0.29, 0.717) is 29.9 Å². The molecule has 32 heavy (non-hydrogen) atoms. The van der Waals surface area contributed by atoms with Gasteiger partial charge in [-0.3, -0.25) is 9.52 Å². The van der Waals surface area contributed by atoms with Crippen molar-refractivity contribution in [1.29, 1.82) is 5.26 Å². The van der Waals surface area contributed by atoms with Crippen LogP contribution in [-0.4, -0.2) is 25.8 Å². The number of rotatable bonds is 8. The molecule has 0 aliphatic carbocycles. The molecule has 0 aliphatic heterocycles. The molecule has 0 unspecified atom stereocenters. The number of amides is 1. The number of nitrogens with zero attached hydrogens (tertiary/aromatic N) is 2. The Morgan fingerprint density at radius 2 is 1.72 bits per heavy atom. The summed E-state index contributed by atoms with van der Waals surface area (Å²) in [4.78, 5) is 14.7. The highest BCUT2D eigenvalue weighted by Crippen LogP contribution is 2.20. The van der Waals surface area contributed by atoms with Crippen molar-refractivity contribution in [2.24, 2.45) is 0 Å². The third-order valence-electron chi connectivity index (χ3n) is 4.89. The molecule has 3 aromatic rings. The molecule has 0 atom stereocenters. The van der Waals surface area contributed by atoms with Gasteiger partial charge in [-0.15, -0.1) is 6.58 Å². The van der Waals surface area contributed by atoms with E-state index in [9.17, 15) is 13.2 Å². The minimum absolute atomic E-state index is 0.0691. The summed E-state index contributed by atoms with van der Waals surface area (Å²) in [5, 5.41) is 8.93.